The van der Waals surface area contributed by atoms with E-state index in [1.165, 1.54) is 0 Å². The lowest BCUT2D eigenvalue weighted by Crippen LogP contribution is -2.30. The normalized spacial score (nSPS) is 17.7. The number of carboxylic acids is 1. The molecule has 18 heavy (non-hydrogen) atoms. The van der Waals surface area contributed by atoms with Crippen LogP contribution in [0.5, 0.6) is 0 Å². The third-order valence-corrected chi connectivity index (χ3v) is 5.98. The van der Waals surface area contributed by atoms with Crippen LogP contribution in [0.4, 0.5) is 0 Å². The lowest BCUT2D eigenvalue weighted by atomic mass is 10.2. The van der Waals surface area contributed by atoms with Gasteiger partial charge in [-0.25, -0.2) is 17.9 Å². The average molecular weight is 289 g/mol. The van der Waals surface area contributed by atoms with Gasteiger partial charge in [0.15, 0.2) is 0 Å². The van der Waals surface area contributed by atoms with E-state index in [1.54, 1.807) is 12.3 Å². The zero-order valence-corrected chi connectivity index (χ0v) is 11.8. The molecule has 1 aromatic rings. The number of carbonyl (C=O) groups is 1. The summed E-state index contributed by atoms with van der Waals surface area (Å²) in [7, 11) is -3.74. The van der Waals surface area contributed by atoms with Crippen molar-refractivity contribution in [1.82, 2.24) is 4.72 Å². The number of sulfonamides is 1. The summed E-state index contributed by atoms with van der Waals surface area (Å²) >= 11 is 0.941. The highest BCUT2D eigenvalue weighted by molar-refractivity contribution is 7.89. The van der Waals surface area contributed by atoms with Gasteiger partial charge in [-0.15, -0.1) is 11.3 Å². The van der Waals surface area contributed by atoms with Crippen LogP contribution in [0.3, 0.4) is 0 Å². The van der Waals surface area contributed by atoms with Crippen molar-refractivity contribution < 1.29 is 18.3 Å². The van der Waals surface area contributed by atoms with Gasteiger partial charge in [0.05, 0.1) is 0 Å². The molecule has 100 valence electrons. The van der Waals surface area contributed by atoms with E-state index in [4.69, 9.17) is 5.11 Å². The second-order valence-electron chi connectivity index (χ2n) is 5.02. The Bertz CT molecular complexity index is 584. The maximum atomic E-state index is 12.1. The molecular weight excluding hydrogens is 274 g/mol. The van der Waals surface area contributed by atoms with Crippen molar-refractivity contribution in [3.63, 3.8) is 0 Å². The molecule has 0 radical (unpaired) electrons. The molecule has 0 atom stereocenters. The quantitative estimate of drug-likeness (QED) is 0.866. The van der Waals surface area contributed by atoms with Crippen molar-refractivity contribution in [2.45, 2.75) is 31.6 Å². The number of hydrogen-bond donors (Lipinski definition) is 2. The number of hydrogen-bond acceptors (Lipinski definition) is 4. The Labute approximate surface area is 110 Å². The first-order valence-corrected chi connectivity index (χ1v) is 7.92. The predicted molar refractivity (Wildman–Crippen MR) is 68.5 cm³/mol. The van der Waals surface area contributed by atoms with Crippen molar-refractivity contribution in [2.75, 3.05) is 6.54 Å². The molecule has 0 bridgehead atoms. The predicted octanol–water partition coefficient (Wildman–Crippen LogP) is 1.83. The van der Waals surface area contributed by atoms with Crippen molar-refractivity contribution in [3.8, 4) is 0 Å². The number of nitrogens with one attached hydrogen (secondary N) is 1. The summed E-state index contributed by atoms with van der Waals surface area (Å²) in [5, 5.41) is 10.6. The Morgan fingerprint density at radius 2 is 2.17 bits per heavy atom. The Morgan fingerprint density at radius 3 is 2.67 bits per heavy atom. The Morgan fingerprint density at radius 1 is 1.56 bits per heavy atom. The van der Waals surface area contributed by atoms with Gasteiger partial charge in [0.1, 0.15) is 9.77 Å². The minimum absolute atomic E-state index is 0.0420. The van der Waals surface area contributed by atoms with E-state index in [-0.39, 0.29) is 15.2 Å². The van der Waals surface area contributed by atoms with Gasteiger partial charge in [0.2, 0.25) is 10.0 Å². The summed E-state index contributed by atoms with van der Waals surface area (Å²) in [6, 6.07) is 0. The fourth-order valence-corrected chi connectivity index (χ4v) is 4.47. The van der Waals surface area contributed by atoms with Gasteiger partial charge in [-0.05, 0) is 36.1 Å². The number of carboxylic acid groups (broad SMARTS) is 1. The maximum absolute atomic E-state index is 12.1. The lowest BCUT2D eigenvalue weighted by Gasteiger charge is -2.11. The number of aromatic carboxylic acids is 1. The van der Waals surface area contributed by atoms with Crippen LogP contribution < -0.4 is 4.72 Å². The van der Waals surface area contributed by atoms with E-state index in [0.717, 1.165) is 24.2 Å². The van der Waals surface area contributed by atoms with E-state index in [2.05, 4.69) is 4.72 Å². The van der Waals surface area contributed by atoms with E-state index < -0.39 is 16.0 Å². The third-order valence-electron chi connectivity index (χ3n) is 3.17. The highest BCUT2D eigenvalue weighted by atomic mass is 32.2. The van der Waals surface area contributed by atoms with Crippen LogP contribution in [-0.2, 0) is 10.0 Å². The van der Waals surface area contributed by atoms with Crippen molar-refractivity contribution in [1.29, 1.82) is 0 Å². The molecule has 0 spiro atoms. The van der Waals surface area contributed by atoms with Crippen molar-refractivity contribution >= 4 is 27.3 Å². The van der Waals surface area contributed by atoms with Crippen LogP contribution >= 0.6 is 11.3 Å². The first kappa shape index (κ1) is 13.5. The summed E-state index contributed by atoms with van der Waals surface area (Å²) in [5.41, 5.74) is 0.520. The Kier molecular flexibility index (Phi) is 3.25. The van der Waals surface area contributed by atoms with Gasteiger partial charge in [0, 0.05) is 6.54 Å². The topological polar surface area (TPSA) is 83.5 Å². The van der Waals surface area contributed by atoms with Gasteiger partial charge < -0.3 is 5.11 Å². The molecule has 7 heteroatoms. The summed E-state index contributed by atoms with van der Waals surface area (Å²) in [4.78, 5) is 10.8. The molecule has 1 aliphatic carbocycles. The van der Waals surface area contributed by atoms with Gasteiger partial charge in [-0.2, -0.15) is 0 Å². The maximum Gasteiger partial charge on any atom is 0.347 e. The highest BCUT2D eigenvalue weighted by Crippen LogP contribution is 2.44. The third kappa shape index (κ3) is 2.57. The summed E-state index contributed by atoms with van der Waals surface area (Å²) < 4.78 is 26.8. The minimum atomic E-state index is -3.74. The molecule has 5 nitrogen and oxygen atoms in total. The van der Waals surface area contributed by atoms with Gasteiger partial charge in [0.25, 0.3) is 0 Å². The Balaban J connectivity index is 2.28. The first-order chi connectivity index (χ1) is 8.25. The van der Waals surface area contributed by atoms with Crippen LogP contribution in [0.25, 0.3) is 0 Å². The van der Waals surface area contributed by atoms with Crippen LogP contribution in [0, 0.1) is 12.3 Å². The van der Waals surface area contributed by atoms with Crippen LogP contribution in [0.15, 0.2) is 10.3 Å². The van der Waals surface area contributed by atoms with E-state index in [0.29, 0.717) is 12.1 Å². The van der Waals surface area contributed by atoms with Gasteiger partial charge >= 0.3 is 5.97 Å². The molecule has 2 rings (SSSR count). The molecule has 1 aromatic heterocycles. The van der Waals surface area contributed by atoms with Gasteiger partial charge in [-0.3, -0.25) is 0 Å². The smallest absolute Gasteiger partial charge is 0.347 e. The second-order valence-corrected chi connectivity index (χ2v) is 7.60. The molecule has 1 heterocycles. The number of thiophene rings is 1. The van der Waals surface area contributed by atoms with Gasteiger partial charge in [-0.1, -0.05) is 6.92 Å². The molecule has 0 amide bonds. The fraction of sp³-hybridized carbons (Fsp3) is 0.545. The zero-order chi connectivity index (χ0) is 13.6. The second kappa shape index (κ2) is 4.32. The number of rotatable bonds is 5. The molecular formula is C11H15NO4S2. The van der Waals surface area contributed by atoms with Crippen LogP contribution in [-0.4, -0.2) is 26.0 Å². The summed E-state index contributed by atoms with van der Waals surface area (Å²) in [5.74, 6) is -1.20. The summed E-state index contributed by atoms with van der Waals surface area (Å²) in [6.45, 7) is 3.98. The minimum Gasteiger partial charge on any atom is -0.477 e. The SMILES string of the molecule is Cc1csc(C(=O)O)c1S(=O)(=O)NCC1(C)CC1. The summed E-state index contributed by atoms with van der Waals surface area (Å²) in [6.07, 6.45) is 2.01. The molecule has 1 fully saturated rings. The monoisotopic (exact) mass is 289 g/mol. The van der Waals surface area contributed by atoms with Crippen molar-refractivity contribution in [3.05, 3.63) is 15.8 Å². The van der Waals surface area contributed by atoms with Crippen LogP contribution in [0.1, 0.15) is 35.0 Å². The standard InChI is InChI=1S/C11H15NO4S2/c1-7-5-17-8(10(13)14)9(7)18(15,16)12-6-11(2)3-4-11/h5,12H,3-4,6H2,1-2H3,(H,13,14). The number of aryl methyl sites for hydroxylation is 1. The zero-order valence-electron chi connectivity index (χ0n) is 10.2. The van der Waals surface area contributed by atoms with E-state index >= 15 is 0 Å². The van der Waals surface area contributed by atoms with E-state index in [1.807, 2.05) is 6.92 Å². The average Bonchev–Trinajstić information content (AvgIpc) is 2.85. The first-order valence-electron chi connectivity index (χ1n) is 5.56. The lowest BCUT2D eigenvalue weighted by molar-refractivity contribution is 0.0698. The van der Waals surface area contributed by atoms with Crippen LogP contribution in [0.2, 0.25) is 0 Å². The molecule has 0 aromatic carbocycles. The molecule has 0 aliphatic heterocycles. The van der Waals surface area contributed by atoms with E-state index in [9.17, 15) is 13.2 Å². The molecule has 1 aliphatic rings. The molecule has 0 unspecified atom stereocenters. The molecule has 2 N–H and O–H groups in total. The Hall–Kier alpha value is -0.920. The highest BCUT2D eigenvalue weighted by Gasteiger charge is 2.38. The fourth-order valence-electron chi connectivity index (χ4n) is 1.65. The molecule has 1 saturated carbocycles. The largest absolute Gasteiger partial charge is 0.477 e. The molecule has 0 saturated heterocycles. The van der Waals surface area contributed by atoms with Crippen molar-refractivity contribution in [2.24, 2.45) is 5.41 Å².